The fourth-order valence-electron chi connectivity index (χ4n) is 1.34. The summed E-state index contributed by atoms with van der Waals surface area (Å²) in [6, 6.07) is 9.43. The first-order chi connectivity index (χ1) is 7.24. The van der Waals surface area contributed by atoms with Gasteiger partial charge in [0.2, 0.25) is 0 Å². The number of carboxylic acids is 1. The van der Waals surface area contributed by atoms with Crippen molar-refractivity contribution in [1.82, 2.24) is 0 Å². The van der Waals surface area contributed by atoms with Crippen LogP contribution in [0.5, 0.6) is 5.75 Å². The maximum Gasteiger partial charge on any atom is 0.306 e. The van der Waals surface area contributed by atoms with Crippen LogP contribution in [0.3, 0.4) is 0 Å². The number of carbonyl (C=O) groups is 1. The van der Waals surface area contributed by atoms with Crippen molar-refractivity contribution in [1.29, 1.82) is 0 Å². The highest BCUT2D eigenvalue weighted by atomic mass is 16.5. The third-order valence-corrected chi connectivity index (χ3v) is 2.32. The molecule has 1 atom stereocenters. The Morgan fingerprint density at radius 1 is 1.40 bits per heavy atom. The number of ether oxygens (including phenoxy) is 1. The van der Waals surface area contributed by atoms with E-state index in [0.717, 1.165) is 5.75 Å². The summed E-state index contributed by atoms with van der Waals surface area (Å²) in [4.78, 5) is 10.7. The molecule has 0 aromatic heterocycles. The summed E-state index contributed by atoms with van der Waals surface area (Å²) in [5.41, 5.74) is 0. The third kappa shape index (κ3) is 4.02. The molecule has 1 N–H and O–H groups in total. The van der Waals surface area contributed by atoms with Crippen LogP contribution in [0.25, 0.3) is 0 Å². The molecule has 0 heterocycles. The van der Waals surface area contributed by atoms with Crippen molar-refractivity contribution in [3.63, 3.8) is 0 Å². The van der Waals surface area contributed by atoms with Crippen molar-refractivity contribution in [2.75, 3.05) is 6.61 Å². The Hall–Kier alpha value is -1.51. The monoisotopic (exact) mass is 208 g/mol. The number of carboxylic acid groups (broad SMARTS) is 1. The zero-order chi connectivity index (χ0) is 11.1. The van der Waals surface area contributed by atoms with E-state index in [1.54, 1.807) is 0 Å². The largest absolute Gasteiger partial charge is 0.494 e. The first-order valence-electron chi connectivity index (χ1n) is 5.14. The number of aliphatic carboxylic acids is 1. The molecule has 3 heteroatoms. The van der Waals surface area contributed by atoms with E-state index in [4.69, 9.17) is 9.84 Å². The Balaban J connectivity index is 2.30. The molecule has 0 bridgehead atoms. The molecule has 1 rings (SSSR count). The zero-order valence-corrected chi connectivity index (χ0v) is 8.85. The van der Waals surface area contributed by atoms with Crippen molar-refractivity contribution < 1.29 is 14.6 Å². The molecular formula is C12H16O3. The second kappa shape index (κ2) is 6.06. The molecule has 15 heavy (non-hydrogen) atoms. The van der Waals surface area contributed by atoms with Crippen LogP contribution in [0, 0.1) is 5.92 Å². The lowest BCUT2D eigenvalue weighted by atomic mass is 10.0. The van der Waals surface area contributed by atoms with Gasteiger partial charge in [0.25, 0.3) is 0 Å². The second-order valence-electron chi connectivity index (χ2n) is 3.39. The van der Waals surface area contributed by atoms with Crippen molar-refractivity contribution in [3.8, 4) is 5.75 Å². The molecule has 1 aromatic rings. The molecule has 1 aromatic carbocycles. The van der Waals surface area contributed by atoms with Crippen LogP contribution in [0.4, 0.5) is 0 Å². The smallest absolute Gasteiger partial charge is 0.306 e. The molecule has 0 spiro atoms. The predicted molar refractivity (Wildman–Crippen MR) is 58.0 cm³/mol. The van der Waals surface area contributed by atoms with Crippen molar-refractivity contribution in [2.45, 2.75) is 19.8 Å². The summed E-state index contributed by atoms with van der Waals surface area (Å²) < 4.78 is 5.43. The molecule has 0 amide bonds. The number of benzene rings is 1. The Kier molecular flexibility index (Phi) is 4.68. The highest BCUT2D eigenvalue weighted by molar-refractivity contribution is 5.69. The fourth-order valence-corrected chi connectivity index (χ4v) is 1.34. The van der Waals surface area contributed by atoms with Gasteiger partial charge in [-0.15, -0.1) is 0 Å². The molecule has 0 aliphatic heterocycles. The maximum atomic E-state index is 10.7. The van der Waals surface area contributed by atoms with Crippen LogP contribution in [-0.2, 0) is 4.79 Å². The first-order valence-corrected chi connectivity index (χ1v) is 5.14. The lowest BCUT2D eigenvalue weighted by Crippen LogP contribution is -2.15. The summed E-state index contributed by atoms with van der Waals surface area (Å²) in [5, 5.41) is 8.81. The van der Waals surface area contributed by atoms with Gasteiger partial charge in [-0.25, -0.2) is 0 Å². The van der Waals surface area contributed by atoms with Gasteiger partial charge in [0.1, 0.15) is 5.75 Å². The van der Waals surface area contributed by atoms with E-state index in [0.29, 0.717) is 19.4 Å². The quantitative estimate of drug-likeness (QED) is 0.781. The van der Waals surface area contributed by atoms with Crippen LogP contribution >= 0.6 is 0 Å². The Bertz CT molecular complexity index is 295. The Labute approximate surface area is 89.7 Å². The normalized spacial score (nSPS) is 12.1. The van der Waals surface area contributed by atoms with Crippen LogP contribution < -0.4 is 4.74 Å². The van der Waals surface area contributed by atoms with Crippen LogP contribution in [0.2, 0.25) is 0 Å². The van der Waals surface area contributed by atoms with Gasteiger partial charge in [-0.05, 0) is 25.0 Å². The van der Waals surface area contributed by atoms with Gasteiger partial charge in [0.05, 0.1) is 12.5 Å². The average Bonchev–Trinajstić information content (AvgIpc) is 2.25. The molecular weight excluding hydrogens is 192 g/mol. The molecule has 3 nitrogen and oxygen atoms in total. The molecule has 1 unspecified atom stereocenters. The van der Waals surface area contributed by atoms with Crippen molar-refractivity contribution in [2.24, 2.45) is 5.92 Å². The highest BCUT2D eigenvalue weighted by Crippen LogP contribution is 2.12. The Morgan fingerprint density at radius 2 is 2.07 bits per heavy atom. The lowest BCUT2D eigenvalue weighted by molar-refractivity contribution is -0.142. The first kappa shape index (κ1) is 11.6. The number of hydrogen-bond acceptors (Lipinski definition) is 2. The van der Waals surface area contributed by atoms with E-state index in [2.05, 4.69) is 0 Å². The fraction of sp³-hybridized carbons (Fsp3) is 0.417. The predicted octanol–water partition coefficient (Wildman–Crippen LogP) is 2.57. The molecule has 0 fully saturated rings. The third-order valence-electron chi connectivity index (χ3n) is 2.32. The van der Waals surface area contributed by atoms with Gasteiger partial charge in [0, 0.05) is 0 Å². The minimum atomic E-state index is -0.742. The van der Waals surface area contributed by atoms with Gasteiger partial charge in [-0.2, -0.15) is 0 Å². The van der Waals surface area contributed by atoms with Crippen LogP contribution in [-0.4, -0.2) is 17.7 Å². The number of rotatable bonds is 6. The van der Waals surface area contributed by atoms with Gasteiger partial charge in [-0.1, -0.05) is 25.1 Å². The molecule has 0 saturated carbocycles. The van der Waals surface area contributed by atoms with E-state index in [1.807, 2.05) is 37.3 Å². The van der Waals surface area contributed by atoms with E-state index in [1.165, 1.54) is 0 Å². The molecule has 0 aliphatic rings. The van der Waals surface area contributed by atoms with Gasteiger partial charge in [-0.3, -0.25) is 4.79 Å². The van der Waals surface area contributed by atoms with Gasteiger partial charge < -0.3 is 9.84 Å². The van der Waals surface area contributed by atoms with Gasteiger partial charge >= 0.3 is 5.97 Å². The number of hydrogen-bond donors (Lipinski definition) is 1. The van der Waals surface area contributed by atoms with Crippen LogP contribution in [0.15, 0.2) is 30.3 Å². The topological polar surface area (TPSA) is 46.5 Å². The average molecular weight is 208 g/mol. The van der Waals surface area contributed by atoms with E-state index in [-0.39, 0.29) is 5.92 Å². The molecule has 0 radical (unpaired) electrons. The highest BCUT2D eigenvalue weighted by Gasteiger charge is 2.14. The number of para-hydroxylation sites is 1. The Morgan fingerprint density at radius 3 is 2.60 bits per heavy atom. The second-order valence-corrected chi connectivity index (χ2v) is 3.39. The van der Waals surface area contributed by atoms with Crippen molar-refractivity contribution in [3.05, 3.63) is 30.3 Å². The van der Waals surface area contributed by atoms with E-state index < -0.39 is 5.97 Å². The van der Waals surface area contributed by atoms with E-state index in [9.17, 15) is 4.79 Å². The van der Waals surface area contributed by atoms with E-state index >= 15 is 0 Å². The van der Waals surface area contributed by atoms with Crippen molar-refractivity contribution >= 4 is 5.97 Å². The lowest BCUT2D eigenvalue weighted by Gasteiger charge is -2.10. The van der Waals surface area contributed by atoms with Gasteiger partial charge in [0.15, 0.2) is 0 Å². The standard InChI is InChI=1S/C12H16O3/c1-2-10(12(13)14)8-9-15-11-6-4-3-5-7-11/h3-7,10H,2,8-9H2,1H3,(H,13,14). The summed E-state index contributed by atoms with van der Waals surface area (Å²) >= 11 is 0. The minimum Gasteiger partial charge on any atom is -0.494 e. The molecule has 0 saturated heterocycles. The molecule has 0 aliphatic carbocycles. The van der Waals surface area contributed by atoms with Crippen LogP contribution in [0.1, 0.15) is 19.8 Å². The summed E-state index contributed by atoms with van der Waals surface area (Å²) in [7, 11) is 0. The molecule has 82 valence electrons. The minimum absolute atomic E-state index is 0.297. The summed E-state index contributed by atoms with van der Waals surface area (Å²) in [6.07, 6.45) is 1.20. The zero-order valence-electron chi connectivity index (χ0n) is 8.85. The summed E-state index contributed by atoms with van der Waals surface area (Å²) in [6.45, 7) is 2.33. The SMILES string of the molecule is CCC(CCOc1ccccc1)C(=O)O. The summed E-state index contributed by atoms with van der Waals surface area (Å²) in [5.74, 6) is -0.249. The maximum absolute atomic E-state index is 10.7.